The van der Waals surface area contributed by atoms with Gasteiger partial charge in [-0.3, -0.25) is 9.59 Å². The number of ether oxygens (including phenoxy) is 1. The van der Waals surface area contributed by atoms with Crippen molar-refractivity contribution >= 4 is 23.9 Å². The molecule has 0 unspecified atom stereocenters. The van der Waals surface area contributed by atoms with E-state index >= 15 is 0 Å². The van der Waals surface area contributed by atoms with E-state index in [9.17, 15) is 19.2 Å². The van der Waals surface area contributed by atoms with Gasteiger partial charge in [0.25, 0.3) is 11.8 Å². The van der Waals surface area contributed by atoms with Crippen LogP contribution < -0.4 is 11.3 Å². The molecule has 5 amide bonds. The molecule has 1 aliphatic rings. The van der Waals surface area contributed by atoms with Crippen molar-refractivity contribution in [2.24, 2.45) is 5.84 Å². The first-order valence-electron chi connectivity index (χ1n) is 9.46. The van der Waals surface area contributed by atoms with Gasteiger partial charge in [0, 0.05) is 0 Å². The summed E-state index contributed by atoms with van der Waals surface area (Å²) in [5.74, 6) is 4.30. The van der Waals surface area contributed by atoms with Gasteiger partial charge in [0.1, 0.15) is 5.60 Å². The minimum atomic E-state index is -1.01. The molecule has 3 rings (SSSR count). The van der Waals surface area contributed by atoms with E-state index in [1.807, 2.05) is 0 Å². The average molecular weight is 425 g/mol. The van der Waals surface area contributed by atoms with Gasteiger partial charge in [0.15, 0.2) is 0 Å². The Hall–Kier alpha value is -3.92. The van der Waals surface area contributed by atoms with E-state index < -0.39 is 29.5 Å². The standard InChI is InChI=1S/C21H23N5O5/c1-21(2,3)31-20(30)26(22)23-19(29)24(13-14-9-5-4-6-10-14)25-17(27)15-11-7-8-12-16(15)18(25)28/h4-12H,13,22H2,1-3H3,(H,23,29). The normalized spacial score (nSPS) is 13.0. The van der Waals surface area contributed by atoms with Crippen molar-refractivity contribution in [1.29, 1.82) is 0 Å². The maximum Gasteiger partial charge on any atom is 0.444 e. The molecule has 0 atom stereocenters. The van der Waals surface area contributed by atoms with Crippen LogP contribution in [0.3, 0.4) is 0 Å². The minimum absolute atomic E-state index is 0.125. The molecule has 10 heteroatoms. The fourth-order valence-electron chi connectivity index (χ4n) is 2.90. The number of hydrogen-bond acceptors (Lipinski definition) is 6. The Morgan fingerprint density at radius 1 is 0.968 bits per heavy atom. The molecular weight excluding hydrogens is 402 g/mol. The van der Waals surface area contributed by atoms with Crippen LogP contribution in [0.2, 0.25) is 0 Å². The molecule has 0 bridgehead atoms. The summed E-state index contributed by atoms with van der Waals surface area (Å²) in [4.78, 5) is 50.9. The number of carbonyl (C=O) groups is 4. The number of carbonyl (C=O) groups excluding carboxylic acids is 4. The molecule has 162 valence electrons. The maximum absolute atomic E-state index is 13.0. The number of urea groups is 1. The lowest BCUT2D eigenvalue weighted by molar-refractivity contribution is 0.000575. The largest absolute Gasteiger partial charge is 0.444 e. The number of hydrazine groups is 3. The molecule has 3 N–H and O–H groups in total. The van der Waals surface area contributed by atoms with Gasteiger partial charge < -0.3 is 4.74 Å². The Morgan fingerprint density at radius 2 is 1.48 bits per heavy atom. The van der Waals surface area contributed by atoms with Gasteiger partial charge in [0.2, 0.25) is 0 Å². The quantitative estimate of drug-likeness (QED) is 0.337. The highest BCUT2D eigenvalue weighted by Gasteiger charge is 2.41. The van der Waals surface area contributed by atoms with E-state index in [0.29, 0.717) is 10.7 Å². The van der Waals surface area contributed by atoms with Crippen molar-refractivity contribution in [3.05, 3.63) is 71.3 Å². The van der Waals surface area contributed by atoms with Crippen molar-refractivity contribution in [3.63, 3.8) is 0 Å². The van der Waals surface area contributed by atoms with Gasteiger partial charge >= 0.3 is 12.1 Å². The molecular formula is C21H23N5O5. The Labute approximate surface area is 179 Å². The lowest BCUT2D eigenvalue weighted by Crippen LogP contribution is -2.60. The molecule has 0 saturated carbocycles. The van der Waals surface area contributed by atoms with Gasteiger partial charge in [-0.15, -0.1) is 5.12 Å². The molecule has 1 aliphatic heterocycles. The summed E-state index contributed by atoms with van der Waals surface area (Å²) in [5, 5.41) is 1.99. The second-order valence-corrected chi connectivity index (χ2v) is 7.78. The molecule has 0 aromatic heterocycles. The Bertz CT molecular complexity index is 983. The summed E-state index contributed by atoms with van der Waals surface area (Å²) in [6.07, 6.45) is -1.01. The van der Waals surface area contributed by atoms with E-state index in [2.05, 4.69) is 5.43 Å². The van der Waals surface area contributed by atoms with Crippen molar-refractivity contribution in [1.82, 2.24) is 20.6 Å². The van der Waals surface area contributed by atoms with Crippen molar-refractivity contribution < 1.29 is 23.9 Å². The van der Waals surface area contributed by atoms with Gasteiger partial charge in [0.05, 0.1) is 17.7 Å². The molecule has 0 aliphatic carbocycles. The van der Waals surface area contributed by atoms with Crippen molar-refractivity contribution in [2.75, 3.05) is 0 Å². The molecule has 0 fully saturated rings. The average Bonchev–Trinajstić information content (AvgIpc) is 2.96. The molecule has 31 heavy (non-hydrogen) atoms. The van der Waals surface area contributed by atoms with Crippen LogP contribution in [-0.4, -0.2) is 44.7 Å². The number of nitrogens with one attached hydrogen (secondary N) is 1. The molecule has 0 spiro atoms. The number of nitrogens with two attached hydrogens (primary N) is 1. The number of fused-ring (bicyclic) bond motifs is 1. The maximum atomic E-state index is 13.0. The van der Waals surface area contributed by atoms with Crippen LogP contribution >= 0.6 is 0 Å². The third kappa shape index (κ3) is 4.81. The van der Waals surface area contributed by atoms with Crippen LogP contribution in [0.5, 0.6) is 0 Å². The van der Waals surface area contributed by atoms with Gasteiger partial charge in [-0.05, 0) is 38.5 Å². The predicted octanol–water partition coefficient (Wildman–Crippen LogP) is 2.44. The zero-order valence-electron chi connectivity index (χ0n) is 17.4. The zero-order chi connectivity index (χ0) is 22.8. The summed E-state index contributed by atoms with van der Waals surface area (Å²) < 4.78 is 5.10. The van der Waals surface area contributed by atoms with Gasteiger partial charge in [-0.2, -0.15) is 5.01 Å². The Balaban J connectivity index is 1.87. The molecule has 2 aromatic carbocycles. The highest BCUT2D eigenvalue weighted by molar-refractivity contribution is 6.21. The number of amides is 5. The third-order valence-electron chi connectivity index (χ3n) is 4.23. The molecule has 1 heterocycles. The van der Waals surface area contributed by atoms with Gasteiger partial charge in [-0.25, -0.2) is 25.9 Å². The van der Waals surface area contributed by atoms with E-state index in [4.69, 9.17) is 10.6 Å². The van der Waals surface area contributed by atoms with Crippen LogP contribution in [0.1, 0.15) is 47.1 Å². The van der Waals surface area contributed by atoms with Crippen molar-refractivity contribution in [2.45, 2.75) is 32.9 Å². The minimum Gasteiger partial charge on any atom is -0.441 e. The zero-order valence-corrected chi connectivity index (χ0v) is 17.4. The second kappa shape index (κ2) is 8.44. The summed E-state index contributed by atoms with van der Waals surface area (Å²) in [6.45, 7) is 4.80. The second-order valence-electron chi connectivity index (χ2n) is 7.78. The van der Waals surface area contributed by atoms with E-state index in [1.165, 1.54) is 12.1 Å². The summed E-state index contributed by atoms with van der Waals surface area (Å²) in [5.41, 5.74) is 2.30. The highest BCUT2D eigenvalue weighted by atomic mass is 16.6. The van der Waals surface area contributed by atoms with E-state index in [1.54, 1.807) is 63.2 Å². The van der Waals surface area contributed by atoms with Crippen LogP contribution in [0.4, 0.5) is 9.59 Å². The first-order chi connectivity index (χ1) is 14.6. The number of imide groups is 1. The molecule has 2 aromatic rings. The van der Waals surface area contributed by atoms with E-state index in [0.717, 1.165) is 10.0 Å². The van der Waals surface area contributed by atoms with Crippen LogP contribution in [0, 0.1) is 0 Å². The van der Waals surface area contributed by atoms with Crippen LogP contribution in [0.25, 0.3) is 0 Å². The molecule has 0 saturated heterocycles. The Kier molecular flexibility index (Phi) is 5.93. The van der Waals surface area contributed by atoms with Gasteiger partial charge in [-0.1, -0.05) is 42.5 Å². The monoisotopic (exact) mass is 425 g/mol. The van der Waals surface area contributed by atoms with Crippen molar-refractivity contribution in [3.8, 4) is 0 Å². The topological polar surface area (TPSA) is 125 Å². The van der Waals surface area contributed by atoms with Crippen LogP contribution in [-0.2, 0) is 11.3 Å². The lowest BCUT2D eigenvalue weighted by Gasteiger charge is -2.32. The highest BCUT2D eigenvalue weighted by Crippen LogP contribution is 2.25. The number of nitrogens with zero attached hydrogens (tertiary/aromatic N) is 3. The Morgan fingerprint density at radius 3 is 2.00 bits per heavy atom. The fourth-order valence-corrected chi connectivity index (χ4v) is 2.90. The fraction of sp³-hybridized carbons (Fsp3) is 0.238. The summed E-state index contributed by atoms with van der Waals surface area (Å²) in [7, 11) is 0. The summed E-state index contributed by atoms with van der Waals surface area (Å²) in [6, 6.07) is 14.0. The van der Waals surface area contributed by atoms with Crippen LogP contribution in [0.15, 0.2) is 54.6 Å². The smallest absolute Gasteiger partial charge is 0.441 e. The molecule has 10 nitrogen and oxygen atoms in total. The number of benzene rings is 2. The molecule has 0 radical (unpaired) electrons. The van der Waals surface area contributed by atoms with E-state index in [-0.39, 0.29) is 17.7 Å². The first kappa shape index (κ1) is 21.8. The number of hydrogen-bond donors (Lipinski definition) is 2. The lowest BCUT2D eigenvalue weighted by atomic mass is 10.1. The third-order valence-corrected chi connectivity index (χ3v) is 4.23. The summed E-state index contributed by atoms with van der Waals surface area (Å²) >= 11 is 0. The first-order valence-corrected chi connectivity index (χ1v) is 9.46. The predicted molar refractivity (Wildman–Crippen MR) is 110 cm³/mol. The SMILES string of the molecule is CC(C)(C)OC(=O)N(N)NC(=O)N(Cc1ccccc1)N1C(=O)c2ccccc2C1=O. The number of rotatable bonds is 3.